The minimum Gasteiger partial charge on any atom is -0.383 e. The summed E-state index contributed by atoms with van der Waals surface area (Å²) in [5.41, 5.74) is 0.960. The molecule has 6 heteroatoms. The van der Waals surface area contributed by atoms with Gasteiger partial charge in [-0.2, -0.15) is 0 Å². The van der Waals surface area contributed by atoms with Crippen molar-refractivity contribution in [1.82, 2.24) is 10.3 Å². The first kappa shape index (κ1) is 15.9. The first-order chi connectivity index (χ1) is 10.2. The Morgan fingerprint density at radius 2 is 2.14 bits per heavy atom. The van der Waals surface area contributed by atoms with Crippen LogP contribution in [0.5, 0.6) is 0 Å². The summed E-state index contributed by atoms with van der Waals surface area (Å²) in [5, 5.41) is 3.92. The fourth-order valence-corrected chi connectivity index (χ4v) is 2.60. The highest BCUT2D eigenvalue weighted by Crippen LogP contribution is 2.30. The molecule has 0 spiro atoms. The summed E-state index contributed by atoms with van der Waals surface area (Å²) in [4.78, 5) is 4.62. The molecule has 1 aromatic carbocycles. The van der Waals surface area contributed by atoms with E-state index in [-0.39, 0.29) is 0 Å². The fourth-order valence-electron chi connectivity index (χ4n) is 1.71. The van der Waals surface area contributed by atoms with Gasteiger partial charge in [0.25, 0.3) is 0 Å². The second-order valence-corrected chi connectivity index (χ2v) is 5.34. The molecule has 3 nitrogen and oxygen atoms in total. The maximum Gasteiger partial charge on any atom is 0.140 e. The smallest absolute Gasteiger partial charge is 0.140 e. The number of halogens is 2. The van der Waals surface area contributed by atoms with Crippen molar-refractivity contribution in [2.45, 2.75) is 16.5 Å². The van der Waals surface area contributed by atoms with Crippen molar-refractivity contribution < 1.29 is 13.5 Å². The van der Waals surface area contributed by atoms with E-state index in [0.29, 0.717) is 23.1 Å². The summed E-state index contributed by atoms with van der Waals surface area (Å²) in [6, 6.07) is 7.30. The molecule has 0 atom stereocenters. The van der Waals surface area contributed by atoms with Gasteiger partial charge in [0.1, 0.15) is 16.7 Å². The molecule has 2 rings (SSSR count). The molecule has 0 bridgehead atoms. The third kappa shape index (κ3) is 4.77. The maximum atomic E-state index is 13.7. The minimum atomic E-state index is -0.584. The Balaban J connectivity index is 2.08. The quantitative estimate of drug-likeness (QED) is 0.796. The van der Waals surface area contributed by atoms with Gasteiger partial charge in [0.2, 0.25) is 0 Å². The van der Waals surface area contributed by atoms with Gasteiger partial charge in [-0.25, -0.2) is 13.8 Å². The van der Waals surface area contributed by atoms with E-state index in [9.17, 15) is 8.78 Å². The SMILES string of the molecule is COCCNCc1cccnc1Sc1ccc(F)cc1F. The van der Waals surface area contributed by atoms with Crippen LogP contribution in [0.25, 0.3) is 0 Å². The van der Waals surface area contributed by atoms with Crippen LogP contribution in [0.1, 0.15) is 5.56 Å². The molecule has 0 saturated heterocycles. The van der Waals surface area contributed by atoms with Crippen molar-refractivity contribution in [3.63, 3.8) is 0 Å². The van der Waals surface area contributed by atoms with Gasteiger partial charge in [-0.05, 0) is 23.8 Å². The summed E-state index contributed by atoms with van der Waals surface area (Å²) in [5.74, 6) is -1.16. The van der Waals surface area contributed by atoms with Gasteiger partial charge < -0.3 is 10.1 Å². The van der Waals surface area contributed by atoms with Crippen LogP contribution < -0.4 is 5.32 Å². The largest absolute Gasteiger partial charge is 0.383 e. The molecule has 0 amide bonds. The lowest BCUT2D eigenvalue weighted by Gasteiger charge is -2.09. The third-order valence-corrected chi connectivity index (χ3v) is 3.86. The van der Waals surface area contributed by atoms with E-state index in [1.54, 1.807) is 13.3 Å². The molecule has 1 heterocycles. The van der Waals surface area contributed by atoms with E-state index in [4.69, 9.17) is 4.74 Å². The Labute approximate surface area is 126 Å². The molecule has 21 heavy (non-hydrogen) atoms. The van der Waals surface area contributed by atoms with Crippen LogP contribution in [0, 0.1) is 11.6 Å². The van der Waals surface area contributed by atoms with Crippen LogP contribution >= 0.6 is 11.8 Å². The zero-order valence-electron chi connectivity index (χ0n) is 11.6. The molecule has 1 N–H and O–H groups in total. The van der Waals surface area contributed by atoms with Gasteiger partial charge in [0.05, 0.1) is 6.61 Å². The number of aromatic nitrogens is 1. The number of hydrogen-bond donors (Lipinski definition) is 1. The predicted molar refractivity (Wildman–Crippen MR) is 78.3 cm³/mol. The molecule has 112 valence electrons. The number of nitrogens with zero attached hydrogens (tertiary/aromatic N) is 1. The molecular formula is C15H16F2N2OS. The van der Waals surface area contributed by atoms with Crippen molar-refractivity contribution in [2.75, 3.05) is 20.3 Å². The van der Waals surface area contributed by atoms with Crippen LogP contribution in [-0.4, -0.2) is 25.2 Å². The molecule has 1 aromatic heterocycles. The minimum absolute atomic E-state index is 0.355. The summed E-state index contributed by atoms with van der Waals surface area (Å²) in [7, 11) is 1.64. The Morgan fingerprint density at radius 1 is 1.29 bits per heavy atom. The Kier molecular flexibility index (Phi) is 6.10. The standard InChI is InChI=1S/C15H16F2N2OS/c1-20-8-7-18-10-11-3-2-6-19-15(11)21-14-5-4-12(16)9-13(14)17/h2-6,9,18H,7-8,10H2,1H3. The monoisotopic (exact) mass is 310 g/mol. The average molecular weight is 310 g/mol. The molecule has 0 aliphatic heterocycles. The van der Waals surface area contributed by atoms with Crippen molar-refractivity contribution >= 4 is 11.8 Å². The van der Waals surface area contributed by atoms with Crippen LogP contribution in [0.3, 0.4) is 0 Å². The van der Waals surface area contributed by atoms with Gasteiger partial charge >= 0.3 is 0 Å². The Bertz CT molecular complexity index is 596. The first-order valence-corrected chi connectivity index (χ1v) is 7.29. The molecule has 0 unspecified atom stereocenters. The van der Waals surface area contributed by atoms with Gasteiger partial charge in [0, 0.05) is 37.4 Å². The third-order valence-electron chi connectivity index (χ3n) is 2.75. The topological polar surface area (TPSA) is 34.1 Å². The summed E-state index contributed by atoms with van der Waals surface area (Å²) >= 11 is 1.19. The number of benzene rings is 1. The summed E-state index contributed by atoms with van der Waals surface area (Å²) in [6.07, 6.45) is 1.66. The van der Waals surface area contributed by atoms with E-state index < -0.39 is 11.6 Å². The van der Waals surface area contributed by atoms with Gasteiger partial charge in [0.15, 0.2) is 0 Å². The Morgan fingerprint density at radius 3 is 2.90 bits per heavy atom. The van der Waals surface area contributed by atoms with E-state index in [2.05, 4.69) is 10.3 Å². The molecule has 0 saturated carbocycles. The fraction of sp³-hybridized carbons (Fsp3) is 0.267. The highest BCUT2D eigenvalue weighted by Gasteiger charge is 2.10. The van der Waals surface area contributed by atoms with Crippen molar-refractivity contribution in [3.8, 4) is 0 Å². The van der Waals surface area contributed by atoms with Gasteiger partial charge in [-0.15, -0.1) is 0 Å². The second kappa shape index (κ2) is 8.07. The van der Waals surface area contributed by atoms with E-state index in [1.807, 2.05) is 12.1 Å². The van der Waals surface area contributed by atoms with Crippen molar-refractivity contribution in [3.05, 3.63) is 53.7 Å². The average Bonchev–Trinajstić information content (AvgIpc) is 2.48. The molecule has 2 aromatic rings. The lowest BCUT2D eigenvalue weighted by atomic mass is 10.3. The maximum absolute atomic E-state index is 13.7. The lowest BCUT2D eigenvalue weighted by molar-refractivity contribution is 0.199. The summed E-state index contributed by atoms with van der Waals surface area (Å²) < 4.78 is 31.6. The van der Waals surface area contributed by atoms with E-state index in [1.165, 1.54) is 23.9 Å². The van der Waals surface area contributed by atoms with Crippen LogP contribution in [0.4, 0.5) is 8.78 Å². The second-order valence-electron chi connectivity index (χ2n) is 4.31. The molecular weight excluding hydrogens is 294 g/mol. The summed E-state index contributed by atoms with van der Waals surface area (Å²) in [6.45, 7) is 1.96. The lowest BCUT2D eigenvalue weighted by Crippen LogP contribution is -2.19. The number of methoxy groups -OCH3 is 1. The molecule has 0 radical (unpaired) electrons. The van der Waals surface area contributed by atoms with Crippen LogP contribution in [-0.2, 0) is 11.3 Å². The number of hydrogen-bond acceptors (Lipinski definition) is 4. The molecule has 0 aliphatic rings. The van der Waals surface area contributed by atoms with Gasteiger partial charge in [-0.1, -0.05) is 17.8 Å². The zero-order chi connectivity index (χ0) is 15.1. The van der Waals surface area contributed by atoms with Gasteiger partial charge in [-0.3, -0.25) is 0 Å². The number of ether oxygens (including phenoxy) is 1. The number of nitrogens with one attached hydrogen (secondary N) is 1. The van der Waals surface area contributed by atoms with Crippen molar-refractivity contribution in [1.29, 1.82) is 0 Å². The molecule has 0 aliphatic carbocycles. The molecule has 0 fully saturated rings. The predicted octanol–water partition coefficient (Wildman–Crippen LogP) is 3.25. The normalized spacial score (nSPS) is 10.8. The van der Waals surface area contributed by atoms with Crippen molar-refractivity contribution in [2.24, 2.45) is 0 Å². The van der Waals surface area contributed by atoms with Crippen LogP contribution in [0.15, 0.2) is 46.5 Å². The van der Waals surface area contributed by atoms with E-state index >= 15 is 0 Å². The zero-order valence-corrected chi connectivity index (χ0v) is 12.4. The number of rotatable bonds is 7. The van der Waals surface area contributed by atoms with E-state index in [0.717, 1.165) is 18.2 Å². The highest BCUT2D eigenvalue weighted by atomic mass is 32.2. The number of pyridine rings is 1. The Hall–Kier alpha value is -1.50. The van der Waals surface area contributed by atoms with Crippen LogP contribution in [0.2, 0.25) is 0 Å². The highest BCUT2D eigenvalue weighted by molar-refractivity contribution is 7.99. The first-order valence-electron chi connectivity index (χ1n) is 6.47.